The van der Waals surface area contributed by atoms with Crippen molar-refractivity contribution in [2.45, 2.75) is 33.2 Å². The summed E-state index contributed by atoms with van der Waals surface area (Å²) in [5.41, 5.74) is 5.56. The van der Waals surface area contributed by atoms with E-state index in [1.54, 1.807) is 6.20 Å². The number of hydrogen-bond acceptors (Lipinski definition) is 3. The van der Waals surface area contributed by atoms with E-state index in [1.165, 1.54) is 0 Å². The maximum atomic E-state index is 12.0. The lowest BCUT2D eigenvalue weighted by atomic mass is 10.0. The third kappa shape index (κ3) is 2.65. The molecule has 1 rings (SSSR count). The number of ketones is 1. The monoisotopic (exact) mass is 209 g/mol. The molecule has 2 N–H and O–H groups in total. The highest BCUT2D eigenvalue weighted by Crippen LogP contribution is 2.10. The van der Waals surface area contributed by atoms with Crippen LogP contribution >= 0.6 is 0 Å². The van der Waals surface area contributed by atoms with Crippen LogP contribution in [0.4, 0.5) is 0 Å². The van der Waals surface area contributed by atoms with Crippen molar-refractivity contribution in [3.63, 3.8) is 0 Å². The summed E-state index contributed by atoms with van der Waals surface area (Å²) in [7, 11) is 0. The van der Waals surface area contributed by atoms with Crippen LogP contribution in [0.1, 0.15) is 37.3 Å². The molecule has 1 unspecified atom stereocenters. The Balaban J connectivity index is 2.84. The molecule has 0 aliphatic heterocycles. The van der Waals surface area contributed by atoms with Crippen LogP contribution in [0.15, 0.2) is 12.4 Å². The fraction of sp³-hybridized carbons (Fsp3) is 0.636. The molecule has 0 aliphatic carbocycles. The molecule has 1 atom stereocenters. The first-order valence-corrected chi connectivity index (χ1v) is 5.49. The number of aryl methyl sites for hydroxylation is 1. The second-order valence-electron chi connectivity index (χ2n) is 3.65. The molecule has 1 aromatic heterocycles. The van der Waals surface area contributed by atoms with Gasteiger partial charge in [0.15, 0.2) is 5.82 Å². The molecule has 84 valence electrons. The Morgan fingerprint density at radius 3 is 2.87 bits per heavy atom. The molecule has 1 aromatic rings. The first kappa shape index (κ1) is 11.9. The van der Waals surface area contributed by atoms with Gasteiger partial charge in [-0.05, 0) is 12.8 Å². The zero-order valence-electron chi connectivity index (χ0n) is 9.44. The third-order valence-corrected chi connectivity index (χ3v) is 2.55. The van der Waals surface area contributed by atoms with Gasteiger partial charge in [0.05, 0.1) is 0 Å². The van der Waals surface area contributed by atoms with Gasteiger partial charge in [0.1, 0.15) is 0 Å². The summed E-state index contributed by atoms with van der Waals surface area (Å²) >= 11 is 0. The Morgan fingerprint density at radius 1 is 1.60 bits per heavy atom. The summed E-state index contributed by atoms with van der Waals surface area (Å²) < 4.78 is 1.90. The van der Waals surface area contributed by atoms with Gasteiger partial charge < -0.3 is 10.3 Å². The van der Waals surface area contributed by atoms with Crippen LogP contribution < -0.4 is 5.73 Å². The van der Waals surface area contributed by atoms with E-state index < -0.39 is 0 Å². The van der Waals surface area contributed by atoms with E-state index in [0.717, 1.165) is 19.4 Å². The highest BCUT2D eigenvalue weighted by molar-refractivity contribution is 5.94. The third-order valence-electron chi connectivity index (χ3n) is 2.55. The van der Waals surface area contributed by atoms with Gasteiger partial charge in [-0.25, -0.2) is 4.98 Å². The van der Waals surface area contributed by atoms with Gasteiger partial charge in [0.25, 0.3) is 0 Å². The Bertz CT molecular complexity index is 315. The van der Waals surface area contributed by atoms with Gasteiger partial charge >= 0.3 is 0 Å². The highest BCUT2D eigenvalue weighted by atomic mass is 16.1. The maximum Gasteiger partial charge on any atom is 0.202 e. The summed E-state index contributed by atoms with van der Waals surface area (Å²) in [6, 6.07) is 0. The molecule has 0 aliphatic rings. The predicted molar refractivity (Wildman–Crippen MR) is 59.7 cm³/mol. The molecule has 0 bridgehead atoms. The van der Waals surface area contributed by atoms with Crippen molar-refractivity contribution in [3.8, 4) is 0 Å². The quantitative estimate of drug-likeness (QED) is 0.721. The summed E-state index contributed by atoms with van der Waals surface area (Å²) in [6.45, 7) is 5.29. The predicted octanol–water partition coefficient (Wildman–Crippen LogP) is 1.46. The molecule has 4 nitrogen and oxygen atoms in total. The van der Waals surface area contributed by atoms with E-state index in [2.05, 4.69) is 11.9 Å². The van der Waals surface area contributed by atoms with Gasteiger partial charge in [-0.1, -0.05) is 13.8 Å². The SMILES string of the molecule is CCCn1ccnc1C(=O)C(CC)CN. The number of nitrogens with zero attached hydrogens (tertiary/aromatic N) is 2. The largest absolute Gasteiger partial charge is 0.330 e. The normalized spacial score (nSPS) is 12.7. The molecule has 0 fully saturated rings. The highest BCUT2D eigenvalue weighted by Gasteiger charge is 2.20. The van der Waals surface area contributed by atoms with Crippen LogP contribution in [0.3, 0.4) is 0 Å². The topological polar surface area (TPSA) is 60.9 Å². The number of Topliss-reactive ketones (excluding diaryl/α,β-unsaturated/α-hetero) is 1. The number of carbonyl (C=O) groups is 1. The van der Waals surface area contributed by atoms with Crippen LogP contribution in [0, 0.1) is 5.92 Å². The molecule has 0 saturated heterocycles. The molecule has 0 amide bonds. The second-order valence-corrected chi connectivity index (χ2v) is 3.65. The van der Waals surface area contributed by atoms with Gasteiger partial charge in [-0.2, -0.15) is 0 Å². The van der Waals surface area contributed by atoms with Crippen molar-refractivity contribution in [2.24, 2.45) is 11.7 Å². The van der Waals surface area contributed by atoms with Crippen molar-refractivity contribution in [1.29, 1.82) is 0 Å². The summed E-state index contributed by atoms with van der Waals surface area (Å²) in [4.78, 5) is 16.1. The number of imidazole rings is 1. The fourth-order valence-corrected chi connectivity index (χ4v) is 1.60. The van der Waals surface area contributed by atoms with Crippen molar-refractivity contribution in [3.05, 3.63) is 18.2 Å². The second kappa shape index (κ2) is 5.66. The van der Waals surface area contributed by atoms with Gasteiger partial charge in [0.2, 0.25) is 5.78 Å². The van der Waals surface area contributed by atoms with E-state index >= 15 is 0 Å². The fourth-order valence-electron chi connectivity index (χ4n) is 1.60. The number of hydrogen-bond donors (Lipinski definition) is 1. The van der Waals surface area contributed by atoms with Crippen LogP contribution in [-0.4, -0.2) is 21.9 Å². The van der Waals surface area contributed by atoms with Gasteiger partial charge in [-0.3, -0.25) is 4.79 Å². The van der Waals surface area contributed by atoms with E-state index in [-0.39, 0.29) is 11.7 Å². The lowest BCUT2D eigenvalue weighted by Crippen LogP contribution is -2.25. The molecular formula is C11H19N3O. The van der Waals surface area contributed by atoms with Crippen LogP contribution in [0.5, 0.6) is 0 Å². The van der Waals surface area contributed by atoms with Crippen LogP contribution in [0.25, 0.3) is 0 Å². The van der Waals surface area contributed by atoms with Crippen molar-refractivity contribution in [2.75, 3.05) is 6.54 Å². The zero-order valence-corrected chi connectivity index (χ0v) is 9.44. The molecule has 0 aromatic carbocycles. The van der Waals surface area contributed by atoms with E-state index in [1.807, 2.05) is 17.7 Å². The van der Waals surface area contributed by atoms with E-state index in [9.17, 15) is 4.79 Å². The van der Waals surface area contributed by atoms with Crippen molar-refractivity contribution < 1.29 is 4.79 Å². The molecule has 0 radical (unpaired) electrons. The van der Waals surface area contributed by atoms with E-state index in [4.69, 9.17) is 5.73 Å². The Labute approximate surface area is 90.5 Å². The first-order chi connectivity index (χ1) is 7.24. The van der Waals surface area contributed by atoms with Gasteiger partial charge in [-0.15, -0.1) is 0 Å². The minimum Gasteiger partial charge on any atom is -0.330 e. The Kier molecular flexibility index (Phi) is 4.49. The minimum absolute atomic E-state index is 0.0680. The minimum atomic E-state index is -0.0944. The van der Waals surface area contributed by atoms with Crippen LogP contribution in [0.2, 0.25) is 0 Å². The first-order valence-electron chi connectivity index (χ1n) is 5.49. The summed E-state index contributed by atoms with van der Waals surface area (Å²) in [5, 5.41) is 0. The van der Waals surface area contributed by atoms with Crippen molar-refractivity contribution >= 4 is 5.78 Å². The standard InChI is InChI=1S/C11H19N3O/c1-3-6-14-7-5-13-11(14)10(15)9(4-2)8-12/h5,7,9H,3-4,6,8,12H2,1-2H3. The number of aromatic nitrogens is 2. The van der Waals surface area contributed by atoms with Crippen LogP contribution in [-0.2, 0) is 6.54 Å². The Hall–Kier alpha value is -1.16. The molecule has 15 heavy (non-hydrogen) atoms. The number of nitrogens with two attached hydrogens (primary N) is 1. The summed E-state index contributed by atoms with van der Waals surface area (Å²) in [5.74, 6) is 0.524. The van der Waals surface area contributed by atoms with Gasteiger partial charge in [0, 0.05) is 31.4 Å². The lowest BCUT2D eigenvalue weighted by molar-refractivity contribution is 0.0906. The lowest BCUT2D eigenvalue weighted by Gasteiger charge is -2.11. The molecule has 0 saturated carbocycles. The zero-order chi connectivity index (χ0) is 11.3. The smallest absolute Gasteiger partial charge is 0.202 e. The Morgan fingerprint density at radius 2 is 2.33 bits per heavy atom. The number of carbonyl (C=O) groups excluding carboxylic acids is 1. The average molecular weight is 209 g/mol. The van der Waals surface area contributed by atoms with Crippen molar-refractivity contribution in [1.82, 2.24) is 9.55 Å². The molecular weight excluding hydrogens is 190 g/mol. The maximum absolute atomic E-state index is 12.0. The number of rotatable bonds is 6. The molecule has 4 heteroatoms. The summed E-state index contributed by atoms with van der Waals surface area (Å²) in [6.07, 6.45) is 5.29. The average Bonchev–Trinajstić information content (AvgIpc) is 2.68. The van der Waals surface area contributed by atoms with E-state index in [0.29, 0.717) is 12.4 Å². The molecule has 1 heterocycles. The molecule has 0 spiro atoms.